The molecule has 3 aliphatic heterocycles. The number of ether oxygens (including phenoxy) is 2. The van der Waals surface area contributed by atoms with E-state index in [0.717, 1.165) is 11.1 Å². The Balaban J connectivity index is 0.00000102. The molecule has 1 fully saturated rings. The number of aliphatic carboxylic acids is 1. The number of amides is 4. The summed E-state index contributed by atoms with van der Waals surface area (Å²) in [6, 6.07) is 15.0. The lowest BCUT2D eigenvalue weighted by Gasteiger charge is -2.27. The Kier molecular flexibility index (Phi) is 16.8. The molecule has 0 unspecified atom stereocenters. The number of carboxylic acid groups (broad SMARTS) is 1. The molecule has 4 atom stereocenters. The van der Waals surface area contributed by atoms with Crippen LogP contribution < -0.4 is 30.9 Å². The van der Waals surface area contributed by atoms with Crippen molar-refractivity contribution in [3.63, 3.8) is 0 Å². The molecule has 64 heavy (non-hydrogen) atoms. The van der Waals surface area contributed by atoms with Crippen LogP contribution in [0.3, 0.4) is 0 Å². The van der Waals surface area contributed by atoms with Crippen molar-refractivity contribution in [2.24, 2.45) is 11.8 Å². The second kappa shape index (κ2) is 22.2. The third-order valence-electron chi connectivity index (χ3n) is 10.1. The Morgan fingerprint density at radius 3 is 2.25 bits per heavy atom. The van der Waals surface area contributed by atoms with Gasteiger partial charge in [-0.2, -0.15) is 18.3 Å². The molecule has 5 N–H and O–H groups in total. The van der Waals surface area contributed by atoms with Crippen molar-refractivity contribution in [3.8, 4) is 5.75 Å². The standard InChI is InChI=1S/C41H53N9O7.C2HF3O2/c1-25(2)19-30-24-56-31-13-11-29(12-14-31)21-32(45-41(54)34-22-35(48-57-34)49-15-17-55-18-16-49)39(52)44-33(20-28-9-7-6-8-10-28)40(53)46-37(26(3)4)38-42-27(5)47-50(38)23-36(51)43-30;3-2(4,5)1(6)7/h6-14,22,25-26,30,32-33,37H,15-21,23-24H2,1-5H3,(H,43,51)(H,44,52)(H,45,54)(H,46,53);(H,6,7)/t30-,32-,33-,37-;/m0./s1. The van der Waals surface area contributed by atoms with Gasteiger partial charge in [0, 0.05) is 32.0 Å². The van der Waals surface area contributed by atoms with Gasteiger partial charge in [0.25, 0.3) is 5.91 Å². The molecule has 7 rings (SSSR count). The number of aryl methyl sites for hydroxylation is 1. The largest absolute Gasteiger partial charge is 0.491 e. The molecule has 2 aromatic carbocycles. The van der Waals surface area contributed by atoms with Gasteiger partial charge in [-0.3, -0.25) is 19.2 Å². The van der Waals surface area contributed by atoms with Crippen LogP contribution in [0.4, 0.5) is 19.0 Å². The highest BCUT2D eigenvalue weighted by molar-refractivity contribution is 5.97. The Hall–Kier alpha value is -6.51. The molecule has 1 saturated heterocycles. The van der Waals surface area contributed by atoms with Crippen LogP contribution in [0.5, 0.6) is 5.75 Å². The number of halogens is 3. The number of morpholine rings is 1. The number of nitrogens with one attached hydrogen (secondary N) is 4. The molecule has 2 bridgehead atoms. The van der Waals surface area contributed by atoms with Gasteiger partial charge in [-0.25, -0.2) is 14.5 Å². The molecule has 21 heteroatoms. The first-order valence-electron chi connectivity index (χ1n) is 20.8. The summed E-state index contributed by atoms with van der Waals surface area (Å²) in [7, 11) is 0. The van der Waals surface area contributed by atoms with E-state index in [1.165, 1.54) is 4.68 Å². The van der Waals surface area contributed by atoms with Gasteiger partial charge < -0.3 is 45.3 Å². The highest BCUT2D eigenvalue weighted by atomic mass is 19.4. The van der Waals surface area contributed by atoms with Crippen LogP contribution in [0.2, 0.25) is 0 Å². The fourth-order valence-electron chi connectivity index (χ4n) is 6.99. The summed E-state index contributed by atoms with van der Waals surface area (Å²) >= 11 is 0. The van der Waals surface area contributed by atoms with Crippen molar-refractivity contribution in [1.29, 1.82) is 0 Å². The van der Waals surface area contributed by atoms with E-state index in [4.69, 9.17) is 23.9 Å². The van der Waals surface area contributed by atoms with Gasteiger partial charge in [-0.15, -0.1) is 0 Å². The number of carbonyl (C=O) groups is 5. The molecule has 4 aromatic rings. The van der Waals surface area contributed by atoms with Crippen LogP contribution in [-0.2, 0) is 43.3 Å². The Labute approximate surface area is 367 Å². The van der Waals surface area contributed by atoms with Gasteiger partial charge >= 0.3 is 12.1 Å². The second-order valence-electron chi connectivity index (χ2n) is 16.2. The maximum absolute atomic E-state index is 14.4. The smallest absolute Gasteiger partial charge is 0.490 e. The number of aromatic nitrogens is 4. The second-order valence-corrected chi connectivity index (χ2v) is 16.2. The number of carbonyl (C=O) groups excluding carboxylic acids is 4. The Bertz CT molecular complexity index is 2190. The number of benzene rings is 2. The molecule has 2 aromatic heterocycles. The first-order valence-corrected chi connectivity index (χ1v) is 20.8. The van der Waals surface area contributed by atoms with Gasteiger partial charge in [0.2, 0.25) is 23.5 Å². The van der Waals surface area contributed by atoms with E-state index < -0.39 is 48.0 Å². The molecule has 5 heterocycles. The summed E-state index contributed by atoms with van der Waals surface area (Å²) in [5.41, 5.74) is 1.54. The van der Waals surface area contributed by atoms with Gasteiger partial charge in [-0.05, 0) is 48.4 Å². The fraction of sp³-hybridized carbons (Fsp3) is 0.488. The minimum atomic E-state index is -5.08. The zero-order valence-electron chi connectivity index (χ0n) is 36.2. The quantitative estimate of drug-likeness (QED) is 0.171. The first kappa shape index (κ1) is 48.5. The highest BCUT2D eigenvalue weighted by Gasteiger charge is 2.38. The van der Waals surface area contributed by atoms with Crippen LogP contribution in [0.25, 0.3) is 0 Å². The third-order valence-corrected chi connectivity index (χ3v) is 10.1. The number of hydrogen-bond donors (Lipinski definition) is 5. The van der Waals surface area contributed by atoms with Crippen molar-refractivity contribution in [2.45, 2.75) is 90.8 Å². The molecular weight excluding hydrogens is 844 g/mol. The number of rotatable bonds is 8. The van der Waals surface area contributed by atoms with E-state index in [2.05, 4.69) is 50.4 Å². The average Bonchev–Trinajstić information content (AvgIpc) is 3.88. The average molecular weight is 898 g/mol. The van der Waals surface area contributed by atoms with Crippen LogP contribution >= 0.6 is 0 Å². The number of anilines is 1. The summed E-state index contributed by atoms with van der Waals surface area (Å²) in [5, 5.41) is 27.7. The molecule has 3 aliphatic rings. The van der Waals surface area contributed by atoms with Gasteiger partial charge in [0.05, 0.1) is 25.3 Å². The molecule has 0 saturated carbocycles. The van der Waals surface area contributed by atoms with Crippen LogP contribution in [0.1, 0.15) is 73.5 Å². The molecule has 0 spiro atoms. The normalized spacial score (nSPS) is 20.2. The van der Waals surface area contributed by atoms with Crippen molar-refractivity contribution >= 4 is 35.4 Å². The topological polar surface area (TPSA) is 232 Å². The van der Waals surface area contributed by atoms with Crippen molar-refractivity contribution in [3.05, 3.63) is 89.2 Å². The van der Waals surface area contributed by atoms with Crippen LogP contribution in [0, 0.1) is 18.8 Å². The lowest BCUT2D eigenvalue weighted by molar-refractivity contribution is -0.192. The summed E-state index contributed by atoms with van der Waals surface area (Å²) in [5.74, 6) is -2.71. The van der Waals surface area contributed by atoms with E-state index >= 15 is 0 Å². The minimum Gasteiger partial charge on any atom is -0.491 e. The van der Waals surface area contributed by atoms with Gasteiger partial charge in [0.15, 0.2) is 11.6 Å². The number of carboxylic acids is 1. The Morgan fingerprint density at radius 1 is 0.953 bits per heavy atom. The molecule has 18 nitrogen and oxygen atoms in total. The number of hydrogen-bond acceptors (Lipinski definition) is 12. The zero-order chi connectivity index (χ0) is 46.6. The zero-order valence-corrected chi connectivity index (χ0v) is 36.2. The van der Waals surface area contributed by atoms with E-state index in [-0.39, 0.29) is 55.5 Å². The number of fused-ring (bicyclic) bond motifs is 14. The molecular formula is C43H54F3N9O9. The fourth-order valence-corrected chi connectivity index (χ4v) is 6.99. The summed E-state index contributed by atoms with van der Waals surface area (Å²) in [6.07, 6.45) is -4.16. The summed E-state index contributed by atoms with van der Waals surface area (Å²) in [6.45, 7) is 12.1. The number of alkyl halides is 3. The summed E-state index contributed by atoms with van der Waals surface area (Å²) < 4.78 is 50.3. The molecule has 4 amide bonds. The van der Waals surface area contributed by atoms with Crippen LogP contribution in [-0.4, -0.2) is 112 Å². The van der Waals surface area contributed by atoms with Gasteiger partial charge in [0.1, 0.15) is 36.8 Å². The van der Waals surface area contributed by atoms with Gasteiger partial charge in [-0.1, -0.05) is 75.3 Å². The van der Waals surface area contributed by atoms with Crippen LogP contribution in [0.15, 0.2) is 65.2 Å². The van der Waals surface area contributed by atoms with Crippen molar-refractivity contribution in [2.75, 3.05) is 37.8 Å². The van der Waals surface area contributed by atoms with E-state index in [1.807, 2.05) is 61.2 Å². The molecule has 0 aliphatic carbocycles. The highest BCUT2D eigenvalue weighted by Crippen LogP contribution is 2.23. The lowest BCUT2D eigenvalue weighted by atomic mass is 10.00. The van der Waals surface area contributed by atoms with E-state index in [0.29, 0.717) is 55.9 Å². The lowest BCUT2D eigenvalue weighted by Crippen LogP contribution is -2.55. The SMILES string of the molecule is Cc1nc2n(n1)CC(=O)N[C@@H](CC(C)C)COc1ccc(cc1)C[C@H](NC(=O)c1cc(N3CCOCC3)no1)C(=O)N[C@@H](Cc1ccccc1)C(=O)N[C@H]2C(C)C.O=C(O)C(F)(F)F. The van der Waals surface area contributed by atoms with E-state index in [9.17, 15) is 32.3 Å². The molecule has 0 radical (unpaired) electrons. The monoisotopic (exact) mass is 897 g/mol. The first-order chi connectivity index (χ1) is 30.4. The maximum atomic E-state index is 14.4. The van der Waals surface area contributed by atoms with E-state index in [1.54, 1.807) is 25.1 Å². The minimum absolute atomic E-state index is 0.0553. The predicted molar refractivity (Wildman–Crippen MR) is 224 cm³/mol. The van der Waals surface area contributed by atoms with Crippen molar-refractivity contribution < 1.29 is 56.2 Å². The predicted octanol–water partition coefficient (Wildman–Crippen LogP) is 3.55. The Morgan fingerprint density at radius 2 is 1.62 bits per heavy atom. The van der Waals surface area contributed by atoms with Crippen molar-refractivity contribution in [1.82, 2.24) is 41.2 Å². The summed E-state index contributed by atoms with van der Waals surface area (Å²) in [4.78, 5) is 71.5. The third kappa shape index (κ3) is 14.3. The maximum Gasteiger partial charge on any atom is 0.490 e. The molecule has 346 valence electrons. The number of nitrogens with zero attached hydrogens (tertiary/aromatic N) is 5.